The molecule has 6 nitrogen and oxygen atoms in total. The molecule has 2 aromatic rings. The second kappa shape index (κ2) is 6.08. The average Bonchev–Trinajstić information content (AvgIpc) is 2.82. The minimum absolute atomic E-state index is 0.0302. The van der Waals surface area contributed by atoms with Crippen LogP contribution < -0.4 is 0 Å². The molecule has 0 spiro atoms. The van der Waals surface area contributed by atoms with E-state index in [9.17, 15) is 4.79 Å². The topological polar surface area (TPSA) is 63.9 Å². The molecule has 0 atom stereocenters. The minimum atomic E-state index is 0.0302. The molecule has 2 aromatic heterocycles. The molecule has 0 saturated carbocycles. The molecule has 0 aliphatic carbocycles. The van der Waals surface area contributed by atoms with Crippen molar-refractivity contribution in [2.45, 2.75) is 19.9 Å². The lowest BCUT2D eigenvalue weighted by Gasteiger charge is -2.17. The SMILES string of the molecule is Cc1cnnn1CC(=O)N(C)CCc1ccncc1. The zero-order chi connectivity index (χ0) is 13.7. The Labute approximate surface area is 112 Å². The first kappa shape index (κ1) is 13.2. The number of nitrogens with zero attached hydrogens (tertiary/aromatic N) is 5. The van der Waals surface area contributed by atoms with Gasteiger partial charge in [0.15, 0.2) is 0 Å². The Morgan fingerprint density at radius 3 is 2.74 bits per heavy atom. The molecule has 0 aromatic carbocycles. The molecule has 0 aliphatic heterocycles. The maximum Gasteiger partial charge on any atom is 0.244 e. The van der Waals surface area contributed by atoms with E-state index >= 15 is 0 Å². The molecule has 0 unspecified atom stereocenters. The van der Waals surface area contributed by atoms with Gasteiger partial charge >= 0.3 is 0 Å². The lowest BCUT2D eigenvalue weighted by atomic mass is 10.2. The predicted molar refractivity (Wildman–Crippen MR) is 70.3 cm³/mol. The van der Waals surface area contributed by atoms with Gasteiger partial charge in [0.25, 0.3) is 0 Å². The predicted octanol–water partition coefficient (Wildman–Crippen LogP) is 0.683. The van der Waals surface area contributed by atoms with E-state index < -0.39 is 0 Å². The van der Waals surface area contributed by atoms with Gasteiger partial charge in [-0.2, -0.15) is 0 Å². The third-order valence-electron chi connectivity index (χ3n) is 3.01. The van der Waals surface area contributed by atoms with Crippen LogP contribution in [-0.2, 0) is 17.8 Å². The second-order valence-electron chi connectivity index (χ2n) is 4.45. The highest BCUT2D eigenvalue weighted by molar-refractivity contribution is 5.75. The molecule has 6 heteroatoms. The first-order valence-corrected chi connectivity index (χ1v) is 6.15. The third kappa shape index (κ3) is 3.61. The molecule has 19 heavy (non-hydrogen) atoms. The van der Waals surface area contributed by atoms with Gasteiger partial charge in [0.1, 0.15) is 6.54 Å². The van der Waals surface area contributed by atoms with Crippen molar-refractivity contribution in [1.29, 1.82) is 0 Å². The van der Waals surface area contributed by atoms with Crippen molar-refractivity contribution < 1.29 is 4.79 Å². The van der Waals surface area contributed by atoms with Gasteiger partial charge in [-0.05, 0) is 31.0 Å². The zero-order valence-corrected chi connectivity index (χ0v) is 11.2. The van der Waals surface area contributed by atoms with E-state index in [0.29, 0.717) is 6.54 Å². The number of likely N-dealkylation sites (N-methyl/N-ethyl adjacent to an activating group) is 1. The quantitative estimate of drug-likeness (QED) is 0.792. The summed E-state index contributed by atoms with van der Waals surface area (Å²) in [5, 5.41) is 7.63. The van der Waals surface area contributed by atoms with Gasteiger partial charge < -0.3 is 4.90 Å². The Morgan fingerprint density at radius 2 is 2.11 bits per heavy atom. The summed E-state index contributed by atoms with van der Waals surface area (Å²) in [7, 11) is 1.80. The van der Waals surface area contributed by atoms with Gasteiger partial charge in [0.05, 0.1) is 11.9 Å². The van der Waals surface area contributed by atoms with Crippen LogP contribution in [0.1, 0.15) is 11.3 Å². The number of hydrogen-bond donors (Lipinski definition) is 0. The van der Waals surface area contributed by atoms with Crippen LogP contribution in [0, 0.1) is 6.92 Å². The van der Waals surface area contributed by atoms with Crippen LogP contribution in [0.15, 0.2) is 30.7 Å². The molecule has 0 fully saturated rings. The third-order valence-corrected chi connectivity index (χ3v) is 3.01. The summed E-state index contributed by atoms with van der Waals surface area (Å²) in [6.45, 7) is 2.79. The fourth-order valence-corrected chi connectivity index (χ4v) is 1.69. The van der Waals surface area contributed by atoms with Crippen molar-refractivity contribution in [3.05, 3.63) is 42.0 Å². The largest absolute Gasteiger partial charge is 0.344 e. The Morgan fingerprint density at radius 1 is 1.37 bits per heavy atom. The monoisotopic (exact) mass is 259 g/mol. The van der Waals surface area contributed by atoms with Crippen molar-refractivity contribution in [1.82, 2.24) is 24.9 Å². The van der Waals surface area contributed by atoms with Gasteiger partial charge in [-0.15, -0.1) is 5.10 Å². The summed E-state index contributed by atoms with van der Waals surface area (Å²) in [4.78, 5) is 17.7. The maximum absolute atomic E-state index is 12.0. The second-order valence-corrected chi connectivity index (χ2v) is 4.45. The first-order chi connectivity index (χ1) is 9.16. The molecule has 2 rings (SSSR count). The van der Waals surface area contributed by atoms with Crippen LogP contribution in [0.4, 0.5) is 0 Å². The van der Waals surface area contributed by atoms with Crippen LogP contribution in [-0.4, -0.2) is 44.4 Å². The number of hydrogen-bond acceptors (Lipinski definition) is 4. The lowest BCUT2D eigenvalue weighted by Crippen LogP contribution is -2.32. The van der Waals surface area contributed by atoms with Crippen LogP contribution in [0.3, 0.4) is 0 Å². The van der Waals surface area contributed by atoms with E-state index in [-0.39, 0.29) is 12.5 Å². The lowest BCUT2D eigenvalue weighted by molar-refractivity contribution is -0.130. The van der Waals surface area contributed by atoms with Crippen LogP contribution in [0.5, 0.6) is 0 Å². The van der Waals surface area contributed by atoms with E-state index in [2.05, 4.69) is 15.3 Å². The van der Waals surface area contributed by atoms with Crippen LogP contribution in [0.2, 0.25) is 0 Å². The summed E-state index contributed by atoms with van der Waals surface area (Å²) in [6, 6.07) is 3.92. The van der Waals surface area contributed by atoms with Crippen LogP contribution in [0.25, 0.3) is 0 Å². The van der Waals surface area contributed by atoms with Crippen molar-refractivity contribution in [2.24, 2.45) is 0 Å². The maximum atomic E-state index is 12.0. The van der Waals surface area contributed by atoms with Crippen LogP contribution >= 0.6 is 0 Å². The fourth-order valence-electron chi connectivity index (χ4n) is 1.69. The number of pyridine rings is 1. The summed E-state index contributed by atoms with van der Waals surface area (Å²) in [5.41, 5.74) is 2.06. The molecule has 1 amide bonds. The average molecular weight is 259 g/mol. The molecule has 0 saturated heterocycles. The Kier molecular flexibility index (Phi) is 4.22. The highest BCUT2D eigenvalue weighted by Crippen LogP contribution is 2.00. The fraction of sp³-hybridized carbons (Fsp3) is 0.385. The van der Waals surface area contributed by atoms with Gasteiger partial charge in [0.2, 0.25) is 5.91 Å². The summed E-state index contributed by atoms with van der Waals surface area (Å²) >= 11 is 0. The Hall–Kier alpha value is -2.24. The smallest absolute Gasteiger partial charge is 0.244 e. The number of aryl methyl sites for hydroxylation is 1. The van der Waals surface area contributed by atoms with E-state index in [1.165, 1.54) is 5.56 Å². The summed E-state index contributed by atoms with van der Waals surface area (Å²) in [5.74, 6) is 0.0302. The number of amides is 1. The zero-order valence-electron chi connectivity index (χ0n) is 11.2. The standard InChI is InChI=1S/C13H17N5O/c1-11-9-15-16-18(11)10-13(19)17(2)8-5-12-3-6-14-7-4-12/h3-4,6-7,9H,5,8,10H2,1-2H3. The molecular weight excluding hydrogens is 242 g/mol. The molecule has 100 valence electrons. The van der Waals surface area contributed by atoms with Crippen molar-refractivity contribution in [3.63, 3.8) is 0 Å². The molecule has 0 aliphatic rings. The molecular formula is C13H17N5O. The first-order valence-electron chi connectivity index (χ1n) is 6.15. The van der Waals surface area contributed by atoms with Crippen molar-refractivity contribution in [3.8, 4) is 0 Å². The summed E-state index contributed by atoms with van der Waals surface area (Å²) < 4.78 is 1.60. The van der Waals surface area contributed by atoms with E-state index in [1.807, 2.05) is 19.1 Å². The Balaban J connectivity index is 1.84. The highest BCUT2D eigenvalue weighted by atomic mass is 16.2. The highest BCUT2D eigenvalue weighted by Gasteiger charge is 2.11. The molecule has 0 radical (unpaired) electrons. The minimum Gasteiger partial charge on any atom is -0.344 e. The van der Waals surface area contributed by atoms with Gasteiger partial charge in [-0.25, -0.2) is 4.68 Å². The van der Waals surface area contributed by atoms with Gasteiger partial charge in [-0.3, -0.25) is 9.78 Å². The summed E-state index contributed by atoms with van der Waals surface area (Å²) in [6.07, 6.45) is 5.98. The molecule has 2 heterocycles. The van der Waals surface area contributed by atoms with Gasteiger partial charge in [-0.1, -0.05) is 5.21 Å². The number of rotatable bonds is 5. The van der Waals surface area contributed by atoms with Crippen molar-refractivity contribution >= 4 is 5.91 Å². The number of carbonyl (C=O) groups is 1. The van der Waals surface area contributed by atoms with E-state index in [1.54, 1.807) is 35.2 Å². The Bertz CT molecular complexity index is 537. The van der Waals surface area contributed by atoms with Gasteiger partial charge in [0, 0.05) is 26.0 Å². The normalized spacial score (nSPS) is 10.4. The van der Waals surface area contributed by atoms with E-state index in [0.717, 1.165) is 12.1 Å². The van der Waals surface area contributed by atoms with Crippen molar-refractivity contribution in [2.75, 3.05) is 13.6 Å². The molecule has 0 bridgehead atoms. The number of aromatic nitrogens is 4. The van der Waals surface area contributed by atoms with E-state index in [4.69, 9.17) is 0 Å². The molecule has 0 N–H and O–H groups in total. The number of carbonyl (C=O) groups excluding carboxylic acids is 1.